The molecule has 0 atom stereocenters. The topological polar surface area (TPSA) is 3.24 Å². The summed E-state index contributed by atoms with van der Waals surface area (Å²) in [5.74, 6) is -10.5. The van der Waals surface area contributed by atoms with Crippen molar-refractivity contribution in [3.8, 4) is 0 Å². The van der Waals surface area contributed by atoms with Gasteiger partial charge in [-0.05, 0) is 30.9 Å². The van der Waals surface area contributed by atoms with E-state index < -0.39 is 48.1 Å². The highest BCUT2D eigenvalue weighted by atomic mass is 19.2. The number of nitrogens with zero attached hydrogens (tertiary/aromatic N) is 1. The third-order valence-corrected chi connectivity index (χ3v) is 5.11. The lowest BCUT2D eigenvalue weighted by Crippen LogP contribution is -2.49. The van der Waals surface area contributed by atoms with E-state index in [0.29, 0.717) is 5.69 Å². The number of para-hydroxylation sites is 1. The van der Waals surface area contributed by atoms with Crippen molar-refractivity contribution < 1.29 is 26.1 Å². The maximum Gasteiger partial charge on any atom is 0.252 e. The molecule has 0 amide bonds. The third kappa shape index (κ3) is 4.09. The molecule has 0 aromatic heterocycles. The Morgan fingerprint density at radius 1 is 0.839 bits per heavy atom. The van der Waals surface area contributed by atoms with Gasteiger partial charge in [0.05, 0.1) is 0 Å². The highest BCUT2D eigenvalue weighted by Gasteiger charge is 2.37. The van der Waals surface area contributed by atoms with Crippen LogP contribution in [0.2, 0.25) is 0 Å². The van der Waals surface area contributed by atoms with Crippen molar-refractivity contribution in [3.05, 3.63) is 94.8 Å². The van der Waals surface area contributed by atoms with Gasteiger partial charge in [0.1, 0.15) is 0 Å². The van der Waals surface area contributed by atoms with E-state index in [2.05, 4.69) is 0 Å². The van der Waals surface area contributed by atoms with Gasteiger partial charge in [-0.1, -0.05) is 59.6 Å². The molecule has 0 unspecified atom stereocenters. The number of aryl methyl sites for hydroxylation is 1. The molecule has 0 saturated carbocycles. The van der Waals surface area contributed by atoms with Gasteiger partial charge in [0, 0.05) is 29.4 Å². The molecule has 0 radical (unpaired) electrons. The second-order valence-electron chi connectivity index (χ2n) is 7.34. The van der Waals surface area contributed by atoms with Crippen LogP contribution in [0.5, 0.6) is 0 Å². The molecule has 0 aliphatic rings. The summed E-state index contributed by atoms with van der Waals surface area (Å²) in [7, 11) is 3.29. The van der Waals surface area contributed by atoms with E-state index in [4.69, 9.17) is 4.11 Å². The number of halogens is 5. The summed E-state index contributed by atoms with van der Waals surface area (Å²) in [6, 6.07) is 12.7. The second-order valence-corrected chi connectivity index (χ2v) is 7.34. The number of allylic oxidation sites excluding steroid dienone is 1. The molecule has 0 saturated heterocycles. The Kier molecular flexibility index (Phi) is 5.39. The zero-order valence-electron chi connectivity index (χ0n) is 20.1. The Labute approximate surface area is 183 Å². The van der Waals surface area contributed by atoms with Gasteiger partial charge in [0.25, 0.3) is 6.71 Å². The standard InChI is InChI=1S/C24H21BF5N/c1-5-16(15-12-10-14(2)11-13-15)25(17-8-6-7-9-18(17)31(3)4)19-20(26)22(28)24(30)23(29)21(19)27/h5-13H,1-4H3/b16-5+/i1D3. The van der Waals surface area contributed by atoms with Gasteiger partial charge >= 0.3 is 0 Å². The molecular weight excluding hydrogens is 408 g/mol. The zero-order valence-corrected chi connectivity index (χ0v) is 17.1. The Morgan fingerprint density at radius 3 is 1.94 bits per heavy atom. The molecule has 1 nitrogen and oxygen atoms in total. The van der Waals surface area contributed by atoms with E-state index in [1.165, 1.54) is 6.07 Å². The van der Waals surface area contributed by atoms with Crippen LogP contribution in [-0.4, -0.2) is 20.8 Å². The van der Waals surface area contributed by atoms with E-state index in [0.717, 1.165) is 11.6 Å². The van der Waals surface area contributed by atoms with Crippen molar-refractivity contribution in [2.75, 3.05) is 19.0 Å². The number of benzene rings is 3. The monoisotopic (exact) mass is 432 g/mol. The Balaban J connectivity index is 2.51. The van der Waals surface area contributed by atoms with E-state index in [-0.39, 0.29) is 16.5 Å². The second kappa shape index (κ2) is 8.96. The van der Waals surface area contributed by atoms with Crippen molar-refractivity contribution >= 4 is 28.8 Å². The quantitative estimate of drug-likeness (QED) is 0.237. The van der Waals surface area contributed by atoms with Crippen molar-refractivity contribution in [2.24, 2.45) is 0 Å². The van der Waals surface area contributed by atoms with E-state index in [1.54, 1.807) is 68.4 Å². The summed E-state index contributed by atoms with van der Waals surface area (Å²) in [5.41, 5.74) is 0.453. The van der Waals surface area contributed by atoms with Crippen LogP contribution in [0.15, 0.2) is 54.6 Å². The Hall–Kier alpha value is -3.09. The Morgan fingerprint density at radius 2 is 1.39 bits per heavy atom. The van der Waals surface area contributed by atoms with Gasteiger partial charge in [0.2, 0.25) is 0 Å². The summed E-state index contributed by atoms with van der Waals surface area (Å²) < 4.78 is 96.1. The fourth-order valence-electron chi connectivity index (χ4n) is 3.57. The first-order valence-corrected chi connectivity index (χ1v) is 9.41. The van der Waals surface area contributed by atoms with Crippen molar-refractivity contribution in [1.29, 1.82) is 0 Å². The average Bonchev–Trinajstić information content (AvgIpc) is 2.78. The van der Waals surface area contributed by atoms with E-state index in [1.807, 2.05) is 0 Å². The normalized spacial score (nSPS) is 13.4. The molecule has 7 heteroatoms. The van der Waals surface area contributed by atoms with Crippen molar-refractivity contribution in [3.63, 3.8) is 0 Å². The van der Waals surface area contributed by atoms with Crippen LogP contribution in [0.3, 0.4) is 0 Å². The predicted octanol–water partition coefficient (Wildman–Crippen LogP) is 5.01. The van der Waals surface area contributed by atoms with Crippen LogP contribution in [0.25, 0.3) is 5.47 Å². The van der Waals surface area contributed by atoms with Gasteiger partial charge in [0.15, 0.2) is 29.1 Å². The maximum absolute atomic E-state index is 15.1. The fourth-order valence-corrected chi connectivity index (χ4v) is 3.57. The molecule has 0 aliphatic heterocycles. The van der Waals surface area contributed by atoms with Gasteiger partial charge < -0.3 is 4.90 Å². The summed E-state index contributed by atoms with van der Waals surface area (Å²) in [5, 5.41) is 0. The van der Waals surface area contributed by atoms with Gasteiger partial charge in [-0.3, -0.25) is 0 Å². The zero-order chi connectivity index (χ0) is 25.4. The highest BCUT2D eigenvalue weighted by Crippen LogP contribution is 2.25. The minimum atomic E-state index is -2.71. The largest absolute Gasteiger partial charge is 0.378 e. The van der Waals surface area contributed by atoms with Gasteiger partial charge in [-0.25, -0.2) is 22.0 Å². The lowest BCUT2D eigenvalue weighted by atomic mass is 9.34. The van der Waals surface area contributed by atoms with Crippen LogP contribution in [0.4, 0.5) is 27.6 Å². The van der Waals surface area contributed by atoms with Gasteiger partial charge in [-0.15, -0.1) is 0 Å². The number of hydrogen-bond donors (Lipinski definition) is 0. The molecule has 0 heterocycles. The average molecular weight is 432 g/mol. The lowest BCUT2D eigenvalue weighted by molar-refractivity contribution is 0.384. The maximum atomic E-state index is 15.1. The highest BCUT2D eigenvalue weighted by molar-refractivity contribution is 7.00. The molecule has 3 aromatic carbocycles. The summed E-state index contributed by atoms with van der Waals surface area (Å²) in [6.45, 7) is -2.54. The summed E-state index contributed by atoms with van der Waals surface area (Å²) in [4.78, 5) is 1.61. The first-order chi connectivity index (χ1) is 15.8. The molecule has 0 fully saturated rings. The molecule has 3 rings (SSSR count). The molecule has 3 aromatic rings. The number of hydrogen-bond acceptors (Lipinski definition) is 1. The van der Waals surface area contributed by atoms with Crippen LogP contribution < -0.4 is 15.8 Å². The lowest BCUT2D eigenvalue weighted by Gasteiger charge is -2.26. The first-order valence-electron chi connectivity index (χ1n) is 10.9. The Bertz CT molecular complexity index is 1210. The van der Waals surface area contributed by atoms with E-state index in [9.17, 15) is 13.2 Å². The van der Waals surface area contributed by atoms with Crippen molar-refractivity contribution in [2.45, 2.75) is 13.8 Å². The van der Waals surface area contributed by atoms with Crippen LogP contribution in [-0.2, 0) is 0 Å². The third-order valence-electron chi connectivity index (χ3n) is 5.11. The predicted molar refractivity (Wildman–Crippen MR) is 117 cm³/mol. The number of rotatable bonds is 5. The van der Waals surface area contributed by atoms with Crippen LogP contribution in [0.1, 0.15) is 22.1 Å². The summed E-state index contributed by atoms with van der Waals surface area (Å²) >= 11 is 0. The molecule has 31 heavy (non-hydrogen) atoms. The minimum Gasteiger partial charge on any atom is -0.378 e. The molecule has 0 aliphatic carbocycles. The number of anilines is 1. The SMILES string of the molecule is [2H]C([2H])([2H])/C=C(/B(c1ccccc1N(C)C)c1c(F)c(F)c(F)c(F)c1F)c1ccc(C)cc1. The molecule has 0 spiro atoms. The van der Waals surface area contributed by atoms with E-state index >= 15 is 8.78 Å². The smallest absolute Gasteiger partial charge is 0.252 e. The minimum absolute atomic E-state index is 0.113. The molecule has 0 bridgehead atoms. The molecular formula is C24H21BF5N. The van der Waals surface area contributed by atoms with Crippen LogP contribution in [0, 0.1) is 36.0 Å². The van der Waals surface area contributed by atoms with Crippen molar-refractivity contribution in [1.82, 2.24) is 0 Å². The molecule has 160 valence electrons. The van der Waals surface area contributed by atoms with Gasteiger partial charge in [-0.2, -0.15) is 0 Å². The van der Waals surface area contributed by atoms with Crippen LogP contribution >= 0.6 is 0 Å². The molecule has 0 N–H and O–H groups in total. The fraction of sp³-hybridized carbons (Fsp3) is 0.167. The summed E-state index contributed by atoms with van der Waals surface area (Å²) in [6.07, 6.45) is 0.826. The first kappa shape index (κ1) is 18.7.